The van der Waals surface area contributed by atoms with Crippen LogP contribution in [0.5, 0.6) is 0 Å². The number of halogens is 6. The Morgan fingerprint density at radius 2 is 1.54 bits per heavy atom. The van der Waals surface area contributed by atoms with Gasteiger partial charge in [0, 0.05) is 0 Å². The van der Waals surface area contributed by atoms with Gasteiger partial charge < -0.3 is 0 Å². The summed E-state index contributed by atoms with van der Waals surface area (Å²) in [5.41, 5.74) is 1.61. The Bertz CT molecular complexity index is 268. The Balaban J connectivity index is 3.19. The number of thiazole rings is 1. The van der Waals surface area contributed by atoms with Crippen LogP contribution in [0.25, 0.3) is 0 Å². The van der Waals surface area contributed by atoms with Crippen molar-refractivity contribution >= 4 is 80.9 Å². The largest absolute Gasteiger partial charge is 0.245 e. The zero-order chi connectivity index (χ0) is 10.3. The van der Waals surface area contributed by atoms with Crippen LogP contribution in [0.2, 0.25) is 0 Å². The van der Waals surface area contributed by atoms with E-state index in [1.165, 1.54) is 5.51 Å². The molecule has 0 radical (unpaired) electrons. The lowest BCUT2D eigenvalue weighted by Gasteiger charge is -2.14. The van der Waals surface area contributed by atoms with Crippen LogP contribution in [-0.2, 0) is 7.59 Å². The third kappa shape index (κ3) is 3.16. The first-order valence-electron chi connectivity index (χ1n) is 2.81. The molecule has 1 aromatic rings. The third-order valence-corrected chi connectivity index (χ3v) is 3.48. The maximum Gasteiger partial charge on any atom is 0.233 e. The van der Waals surface area contributed by atoms with Gasteiger partial charge in [0.1, 0.15) is 5.69 Å². The van der Waals surface area contributed by atoms with E-state index in [-0.39, 0.29) is 5.69 Å². The van der Waals surface area contributed by atoms with Crippen LogP contribution in [0, 0.1) is 0 Å². The van der Waals surface area contributed by atoms with Gasteiger partial charge in [0.05, 0.1) is 10.4 Å². The van der Waals surface area contributed by atoms with Gasteiger partial charge >= 0.3 is 0 Å². The highest BCUT2D eigenvalue weighted by molar-refractivity contribution is 7.11. The first-order valence-corrected chi connectivity index (χ1v) is 5.95. The number of alkyl halides is 6. The lowest BCUT2D eigenvalue weighted by atomic mass is 10.4. The SMILES string of the molecule is ClC(Cl)(Cl)c1ncsc1C(Cl)(Cl)Cl. The van der Waals surface area contributed by atoms with Crippen LogP contribution in [-0.4, -0.2) is 4.98 Å². The molecule has 1 aromatic heterocycles. The standard InChI is InChI=1S/C5HCl6NS/c6-4(7,8)2-3(5(9,10)11)13-1-12-2/h1H. The topological polar surface area (TPSA) is 12.9 Å². The third-order valence-electron chi connectivity index (χ3n) is 1.09. The first kappa shape index (κ1) is 12.4. The highest BCUT2D eigenvalue weighted by Gasteiger charge is 2.37. The summed E-state index contributed by atoms with van der Waals surface area (Å²) in [6.45, 7) is 0. The highest BCUT2D eigenvalue weighted by Crippen LogP contribution is 2.48. The minimum atomic E-state index is -1.67. The normalized spacial score (nSPS) is 13.4. The minimum Gasteiger partial charge on any atom is -0.245 e. The fourth-order valence-corrected chi connectivity index (χ4v) is 2.63. The molecule has 1 heterocycles. The summed E-state index contributed by atoms with van der Waals surface area (Å²) in [4.78, 5) is 4.14. The summed E-state index contributed by atoms with van der Waals surface area (Å²) in [5, 5.41) is 0. The molecular weight excluding hydrogens is 319 g/mol. The van der Waals surface area contributed by atoms with Gasteiger partial charge in [0.25, 0.3) is 0 Å². The lowest BCUT2D eigenvalue weighted by molar-refractivity contribution is 1.07. The van der Waals surface area contributed by atoms with E-state index in [0.717, 1.165) is 11.3 Å². The summed E-state index contributed by atoms with van der Waals surface area (Å²) in [7, 11) is 0. The molecule has 74 valence electrons. The van der Waals surface area contributed by atoms with Crippen molar-refractivity contribution in [2.24, 2.45) is 0 Å². The summed E-state index contributed by atoms with van der Waals surface area (Å²) in [6, 6.07) is 0. The van der Waals surface area contributed by atoms with Gasteiger partial charge in [0.15, 0.2) is 0 Å². The van der Waals surface area contributed by atoms with Crippen LogP contribution in [0.4, 0.5) is 0 Å². The molecule has 0 spiro atoms. The van der Waals surface area contributed by atoms with E-state index in [1.54, 1.807) is 0 Å². The Labute approximate surface area is 109 Å². The first-order chi connectivity index (χ1) is 5.73. The Kier molecular flexibility index (Phi) is 3.91. The monoisotopic (exact) mass is 317 g/mol. The summed E-state index contributed by atoms with van der Waals surface area (Å²) in [6.07, 6.45) is 0. The number of nitrogens with zero attached hydrogens (tertiary/aromatic N) is 1. The summed E-state index contributed by atoms with van der Waals surface area (Å²) >= 11 is 34.9. The molecule has 8 heteroatoms. The average molecular weight is 320 g/mol. The summed E-state index contributed by atoms with van der Waals surface area (Å²) in [5.74, 6) is 0. The molecule has 1 nitrogen and oxygen atoms in total. The second kappa shape index (κ2) is 4.09. The van der Waals surface area contributed by atoms with Gasteiger partial charge in [-0.2, -0.15) is 0 Å². The van der Waals surface area contributed by atoms with Crippen molar-refractivity contribution in [1.82, 2.24) is 4.98 Å². The molecule has 0 bridgehead atoms. The Morgan fingerprint density at radius 3 is 1.85 bits per heavy atom. The van der Waals surface area contributed by atoms with Gasteiger partial charge in [-0.25, -0.2) is 4.98 Å². The van der Waals surface area contributed by atoms with E-state index in [1.807, 2.05) is 0 Å². The van der Waals surface area contributed by atoms with Crippen molar-refractivity contribution in [2.45, 2.75) is 7.59 Å². The van der Waals surface area contributed by atoms with Crippen molar-refractivity contribution in [1.29, 1.82) is 0 Å². The van der Waals surface area contributed by atoms with Crippen molar-refractivity contribution in [3.8, 4) is 0 Å². The van der Waals surface area contributed by atoms with Gasteiger partial charge in [-0.15, -0.1) is 11.3 Å². The molecule has 0 unspecified atom stereocenters. The maximum atomic E-state index is 5.64. The van der Waals surface area contributed by atoms with Crippen LogP contribution < -0.4 is 0 Å². The molecule has 0 saturated carbocycles. The molecule has 1 rings (SSSR count). The molecule has 0 saturated heterocycles. The van der Waals surface area contributed by atoms with E-state index in [9.17, 15) is 0 Å². The van der Waals surface area contributed by atoms with E-state index >= 15 is 0 Å². The molecule has 0 atom stereocenters. The van der Waals surface area contributed by atoms with Crippen molar-refractivity contribution in [2.75, 3.05) is 0 Å². The lowest BCUT2D eigenvalue weighted by Crippen LogP contribution is -2.09. The molecule has 13 heavy (non-hydrogen) atoms. The molecule has 0 aliphatic heterocycles. The molecule has 0 fully saturated rings. The smallest absolute Gasteiger partial charge is 0.233 e. The van der Waals surface area contributed by atoms with E-state index < -0.39 is 7.59 Å². The van der Waals surface area contributed by atoms with Crippen molar-refractivity contribution < 1.29 is 0 Å². The van der Waals surface area contributed by atoms with Crippen LogP contribution in [0.15, 0.2) is 5.51 Å². The quantitative estimate of drug-likeness (QED) is 0.626. The second-order valence-electron chi connectivity index (χ2n) is 2.03. The molecular formula is C5HCl6NS. The van der Waals surface area contributed by atoms with Crippen molar-refractivity contribution in [3.63, 3.8) is 0 Å². The highest BCUT2D eigenvalue weighted by atomic mass is 35.6. The maximum absolute atomic E-state index is 5.64. The van der Waals surface area contributed by atoms with Gasteiger partial charge in [-0.1, -0.05) is 69.6 Å². The Morgan fingerprint density at radius 1 is 1.00 bits per heavy atom. The molecule has 0 aromatic carbocycles. The number of aromatic nitrogens is 1. The number of hydrogen-bond donors (Lipinski definition) is 0. The predicted molar refractivity (Wildman–Crippen MR) is 60.6 cm³/mol. The minimum absolute atomic E-state index is 0.155. The average Bonchev–Trinajstić information content (AvgIpc) is 2.27. The zero-order valence-corrected chi connectivity index (χ0v) is 11.1. The van der Waals surface area contributed by atoms with Gasteiger partial charge in [-0.3, -0.25) is 0 Å². The fraction of sp³-hybridized carbons (Fsp3) is 0.400. The molecule has 0 aliphatic rings. The van der Waals surface area contributed by atoms with E-state index in [0.29, 0.717) is 4.88 Å². The van der Waals surface area contributed by atoms with Crippen LogP contribution in [0.3, 0.4) is 0 Å². The summed E-state index contributed by atoms with van der Waals surface area (Å²) < 4.78 is -3.28. The molecule has 0 aliphatic carbocycles. The van der Waals surface area contributed by atoms with Crippen LogP contribution in [0.1, 0.15) is 10.6 Å². The number of hydrogen-bond acceptors (Lipinski definition) is 2. The van der Waals surface area contributed by atoms with E-state index in [4.69, 9.17) is 69.6 Å². The zero-order valence-electron chi connectivity index (χ0n) is 5.70. The van der Waals surface area contributed by atoms with E-state index in [2.05, 4.69) is 4.98 Å². The Hall–Kier alpha value is 1.37. The molecule has 0 amide bonds. The van der Waals surface area contributed by atoms with Gasteiger partial charge in [-0.05, 0) is 0 Å². The van der Waals surface area contributed by atoms with Gasteiger partial charge in [0.2, 0.25) is 7.59 Å². The molecule has 0 N–H and O–H groups in total. The fourth-order valence-electron chi connectivity index (χ4n) is 0.649. The van der Waals surface area contributed by atoms with Crippen LogP contribution >= 0.6 is 80.9 Å². The van der Waals surface area contributed by atoms with Crippen molar-refractivity contribution in [3.05, 3.63) is 16.1 Å². The predicted octanol–water partition coefficient (Wildman–Crippen LogP) is 4.80. The second-order valence-corrected chi connectivity index (χ2v) is 7.44. The number of rotatable bonds is 0.